The third kappa shape index (κ3) is 5.36. The van der Waals surface area contributed by atoms with Gasteiger partial charge in [-0.25, -0.2) is 4.98 Å². The maximum atomic E-state index is 11.8. The van der Waals surface area contributed by atoms with Gasteiger partial charge in [-0.3, -0.25) is 14.9 Å². The summed E-state index contributed by atoms with van der Waals surface area (Å²) in [4.78, 5) is 28.5. The summed E-state index contributed by atoms with van der Waals surface area (Å²) in [6.45, 7) is 2.23. The van der Waals surface area contributed by atoms with Crippen LogP contribution >= 0.6 is 0 Å². The molecule has 0 aliphatic heterocycles. The van der Waals surface area contributed by atoms with Crippen LogP contribution < -0.4 is 9.47 Å². The Morgan fingerprint density at radius 3 is 2.61 bits per heavy atom. The van der Waals surface area contributed by atoms with Crippen LogP contribution in [0.2, 0.25) is 0 Å². The molecule has 160 valence electrons. The summed E-state index contributed by atoms with van der Waals surface area (Å²) in [7, 11) is 3.33. The normalized spacial score (nSPS) is 10.9. The number of aromatic nitrogens is 1. The number of hydrogen-bond acceptors (Lipinski definition) is 6. The third-order valence-corrected chi connectivity index (χ3v) is 4.48. The monoisotopic (exact) mass is 421 g/mol. The average Bonchev–Trinajstić information content (AvgIpc) is 2.76. The molecule has 3 aromatic rings. The highest BCUT2D eigenvalue weighted by atomic mass is 16.6. The molecule has 0 aliphatic rings. The predicted molar refractivity (Wildman–Crippen MR) is 119 cm³/mol. The van der Waals surface area contributed by atoms with E-state index in [0.717, 1.165) is 5.56 Å². The fourth-order valence-electron chi connectivity index (χ4n) is 2.85. The molecule has 1 amide bonds. The first-order chi connectivity index (χ1) is 14.9. The van der Waals surface area contributed by atoms with Gasteiger partial charge in [-0.2, -0.15) is 0 Å². The Kier molecular flexibility index (Phi) is 6.81. The van der Waals surface area contributed by atoms with Gasteiger partial charge in [0.05, 0.1) is 17.2 Å². The van der Waals surface area contributed by atoms with E-state index in [2.05, 4.69) is 4.98 Å². The lowest BCUT2D eigenvalue weighted by Gasteiger charge is -2.14. The number of carbonyl (C=O) groups is 1. The van der Waals surface area contributed by atoms with Crippen LogP contribution in [0.1, 0.15) is 18.2 Å². The molecular formula is C23H23N3O5. The summed E-state index contributed by atoms with van der Waals surface area (Å²) in [6.07, 6.45) is 3.61. The molecule has 0 saturated carbocycles. The molecule has 31 heavy (non-hydrogen) atoms. The number of nitro groups is 1. The Labute approximate surface area is 179 Å². The first-order valence-electron chi connectivity index (χ1n) is 9.71. The van der Waals surface area contributed by atoms with Gasteiger partial charge in [-0.1, -0.05) is 30.3 Å². The third-order valence-electron chi connectivity index (χ3n) is 4.48. The quantitative estimate of drug-likeness (QED) is 0.400. The zero-order valence-electron chi connectivity index (χ0n) is 17.6. The molecule has 0 spiro atoms. The Bertz CT molecular complexity index is 1140. The number of ether oxygens (including phenoxy) is 2. The van der Waals surface area contributed by atoms with Crippen LogP contribution in [0, 0.1) is 10.1 Å². The lowest BCUT2D eigenvalue weighted by molar-refractivity contribution is -0.383. The number of nitrogens with zero attached hydrogens (tertiary/aromatic N) is 3. The van der Waals surface area contributed by atoms with Crippen molar-refractivity contribution in [3.63, 3.8) is 0 Å². The van der Waals surface area contributed by atoms with Crippen LogP contribution in [-0.2, 0) is 4.79 Å². The maximum Gasteiger partial charge on any atom is 0.295 e. The van der Waals surface area contributed by atoms with Gasteiger partial charge in [0.1, 0.15) is 5.52 Å². The Morgan fingerprint density at radius 2 is 1.90 bits per heavy atom. The van der Waals surface area contributed by atoms with Gasteiger partial charge in [-0.05, 0) is 36.8 Å². The number of fused-ring (bicyclic) bond motifs is 1. The number of nitro benzene ring substituents is 1. The van der Waals surface area contributed by atoms with Crippen molar-refractivity contribution in [2.45, 2.75) is 6.92 Å². The van der Waals surface area contributed by atoms with Gasteiger partial charge in [0.15, 0.2) is 18.1 Å². The van der Waals surface area contributed by atoms with Crippen molar-refractivity contribution in [3.05, 3.63) is 69.9 Å². The van der Waals surface area contributed by atoms with E-state index in [4.69, 9.17) is 9.47 Å². The zero-order valence-corrected chi connectivity index (χ0v) is 17.6. The van der Waals surface area contributed by atoms with E-state index >= 15 is 0 Å². The molecule has 8 nitrogen and oxygen atoms in total. The number of rotatable bonds is 8. The van der Waals surface area contributed by atoms with Gasteiger partial charge in [0.25, 0.3) is 11.6 Å². The molecule has 0 radical (unpaired) electrons. The standard InChI is InChI=1S/C23H23N3O5/c1-4-30-21-14-16(9-13-20(21)31-15-22(27)25(2)3)8-11-18-12-10-17-6-5-7-19(26(28)29)23(17)24-18/h5-14H,4,15H2,1-3H3. The number of likely N-dealkylation sites (N-methyl/N-ethyl adjacent to an activating group) is 1. The van der Waals surface area contributed by atoms with Crippen molar-refractivity contribution in [1.29, 1.82) is 0 Å². The smallest absolute Gasteiger partial charge is 0.295 e. The van der Waals surface area contributed by atoms with E-state index in [1.807, 2.05) is 19.1 Å². The molecular weight excluding hydrogens is 398 g/mol. The van der Waals surface area contributed by atoms with Crippen molar-refractivity contribution < 1.29 is 19.2 Å². The molecule has 0 atom stereocenters. The minimum absolute atomic E-state index is 0.0276. The molecule has 0 unspecified atom stereocenters. The van der Waals surface area contributed by atoms with Crippen LogP contribution in [0.5, 0.6) is 11.5 Å². The number of para-hydroxylation sites is 1. The second-order valence-electron chi connectivity index (χ2n) is 6.89. The summed E-state index contributed by atoms with van der Waals surface area (Å²) in [6, 6.07) is 13.9. The fourth-order valence-corrected chi connectivity index (χ4v) is 2.85. The average molecular weight is 421 g/mol. The first kappa shape index (κ1) is 21.8. The molecule has 1 heterocycles. The highest BCUT2D eigenvalue weighted by Gasteiger charge is 2.13. The van der Waals surface area contributed by atoms with E-state index in [-0.39, 0.29) is 18.2 Å². The van der Waals surface area contributed by atoms with E-state index in [1.54, 1.807) is 56.6 Å². The number of non-ortho nitro benzene ring substituents is 1. The molecule has 8 heteroatoms. The second kappa shape index (κ2) is 9.71. The summed E-state index contributed by atoms with van der Waals surface area (Å²) in [5.41, 5.74) is 1.75. The minimum Gasteiger partial charge on any atom is -0.490 e. The molecule has 0 fully saturated rings. The number of carbonyl (C=O) groups excluding carboxylic acids is 1. The largest absolute Gasteiger partial charge is 0.490 e. The van der Waals surface area contributed by atoms with Gasteiger partial charge < -0.3 is 14.4 Å². The van der Waals surface area contributed by atoms with Crippen molar-refractivity contribution in [3.8, 4) is 11.5 Å². The lowest BCUT2D eigenvalue weighted by Crippen LogP contribution is -2.27. The molecule has 2 aromatic carbocycles. The second-order valence-corrected chi connectivity index (χ2v) is 6.89. The van der Waals surface area contributed by atoms with E-state index in [1.165, 1.54) is 11.0 Å². The maximum absolute atomic E-state index is 11.8. The topological polar surface area (TPSA) is 94.8 Å². The van der Waals surface area contributed by atoms with Crippen molar-refractivity contribution in [1.82, 2.24) is 9.88 Å². The van der Waals surface area contributed by atoms with Gasteiger partial charge in [-0.15, -0.1) is 0 Å². The van der Waals surface area contributed by atoms with Gasteiger partial charge in [0, 0.05) is 25.5 Å². The fraction of sp³-hybridized carbons (Fsp3) is 0.217. The summed E-state index contributed by atoms with van der Waals surface area (Å²) in [5.74, 6) is 0.856. The molecule has 0 saturated heterocycles. The van der Waals surface area contributed by atoms with Crippen molar-refractivity contribution in [2.24, 2.45) is 0 Å². The van der Waals surface area contributed by atoms with E-state index in [0.29, 0.717) is 34.7 Å². The number of hydrogen-bond donors (Lipinski definition) is 0. The van der Waals surface area contributed by atoms with Crippen LogP contribution in [-0.4, -0.2) is 48.0 Å². The Hall–Kier alpha value is -3.94. The van der Waals surface area contributed by atoms with Gasteiger partial charge in [0.2, 0.25) is 0 Å². The van der Waals surface area contributed by atoms with Gasteiger partial charge >= 0.3 is 0 Å². The van der Waals surface area contributed by atoms with Crippen molar-refractivity contribution in [2.75, 3.05) is 27.3 Å². The highest BCUT2D eigenvalue weighted by molar-refractivity contribution is 5.88. The first-order valence-corrected chi connectivity index (χ1v) is 9.71. The molecule has 0 N–H and O–H groups in total. The summed E-state index contributed by atoms with van der Waals surface area (Å²) < 4.78 is 11.2. The molecule has 1 aromatic heterocycles. The van der Waals surface area contributed by atoms with Crippen LogP contribution in [0.15, 0.2) is 48.5 Å². The number of pyridine rings is 1. The van der Waals surface area contributed by atoms with Crippen molar-refractivity contribution >= 4 is 34.6 Å². The number of amides is 1. The zero-order chi connectivity index (χ0) is 22.4. The summed E-state index contributed by atoms with van der Waals surface area (Å²) >= 11 is 0. The highest BCUT2D eigenvalue weighted by Crippen LogP contribution is 2.29. The number of benzene rings is 2. The predicted octanol–water partition coefficient (Wildman–Crippen LogP) is 4.18. The molecule has 0 bridgehead atoms. The Morgan fingerprint density at radius 1 is 1.10 bits per heavy atom. The Balaban J connectivity index is 1.84. The van der Waals surface area contributed by atoms with Crippen LogP contribution in [0.25, 0.3) is 23.1 Å². The van der Waals surface area contributed by atoms with E-state index in [9.17, 15) is 14.9 Å². The molecule has 0 aliphatic carbocycles. The summed E-state index contributed by atoms with van der Waals surface area (Å²) in [5, 5.41) is 12.0. The lowest BCUT2D eigenvalue weighted by atomic mass is 10.1. The SMILES string of the molecule is CCOc1cc(C=Cc2ccc3cccc([N+](=O)[O-])c3n2)ccc1OCC(=O)N(C)C. The van der Waals surface area contributed by atoms with Crippen LogP contribution in [0.3, 0.4) is 0 Å². The van der Waals surface area contributed by atoms with Crippen LogP contribution in [0.4, 0.5) is 5.69 Å². The molecule has 3 rings (SSSR count). The minimum atomic E-state index is -0.434. The van der Waals surface area contributed by atoms with E-state index < -0.39 is 4.92 Å².